The minimum Gasteiger partial charge on any atom is -0.361 e. The summed E-state index contributed by atoms with van der Waals surface area (Å²) in [6.45, 7) is 5.65. The number of fused-ring (bicyclic) bond motifs is 1. The summed E-state index contributed by atoms with van der Waals surface area (Å²) in [4.78, 5) is 14.6. The van der Waals surface area contributed by atoms with Crippen LogP contribution in [-0.2, 0) is 6.42 Å². The summed E-state index contributed by atoms with van der Waals surface area (Å²) in [6.07, 6.45) is 0.894. The van der Waals surface area contributed by atoms with Crippen molar-refractivity contribution in [3.05, 3.63) is 46.8 Å². The van der Waals surface area contributed by atoms with E-state index in [1.165, 1.54) is 5.56 Å². The molecular weight excluding hydrogens is 240 g/mol. The summed E-state index contributed by atoms with van der Waals surface area (Å²) in [5.74, 6) is 0.563. The third-order valence-corrected chi connectivity index (χ3v) is 3.67. The van der Waals surface area contributed by atoms with Crippen molar-refractivity contribution in [2.45, 2.75) is 33.2 Å². The van der Waals surface area contributed by atoms with E-state index in [0.717, 1.165) is 12.1 Å². The molecule has 0 radical (unpaired) electrons. The zero-order valence-electron chi connectivity index (χ0n) is 11.3. The van der Waals surface area contributed by atoms with Crippen molar-refractivity contribution >= 4 is 11.6 Å². The Balaban J connectivity index is 2.06. The molecule has 0 aliphatic carbocycles. The van der Waals surface area contributed by atoms with Gasteiger partial charge in [-0.05, 0) is 38.8 Å². The van der Waals surface area contributed by atoms with Crippen LogP contribution in [0.5, 0.6) is 0 Å². The van der Waals surface area contributed by atoms with Crippen LogP contribution in [0.1, 0.15) is 34.3 Å². The fourth-order valence-corrected chi connectivity index (χ4v) is 2.78. The van der Waals surface area contributed by atoms with Crippen molar-refractivity contribution in [1.29, 1.82) is 0 Å². The fourth-order valence-electron chi connectivity index (χ4n) is 2.78. The first-order valence-corrected chi connectivity index (χ1v) is 6.44. The molecule has 3 rings (SSSR count). The quantitative estimate of drug-likeness (QED) is 0.788. The molecule has 2 aromatic rings. The lowest BCUT2D eigenvalue weighted by Crippen LogP contribution is -2.36. The van der Waals surface area contributed by atoms with E-state index >= 15 is 0 Å². The molecule has 0 fully saturated rings. The van der Waals surface area contributed by atoms with E-state index in [-0.39, 0.29) is 11.9 Å². The van der Waals surface area contributed by atoms with Gasteiger partial charge >= 0.3 is 0 Å². The fraction of sp³-hybridized carbons (Fsp3) is 0.333. The summed E-state index contributed by atoms with van der Waals surface area (Å²) in [5.41, 5.74) is 3.46. The van der Waals surface area contributed by atoms with Crippen LogP contribution in [-0.4, -0.2) is 17.1 Å². The number of amides is 1. The van der Waals surface area contributed by atoms with E-state index in [2.05, 4.69) is 18.1 Å². The average molecular weight is 256 g/mol. The molecule has 1 aliphatic rings. The molecule has 1 atom stereocenters. The molecule has 0 N–H and O–H groups in total. The van der Waals surface area contributed by atoms with Crippen LogP contribution in [0.3, 0.4) is 0 Å². The molecule has 2 heterocycles. The van der Waals surface area contributed by atoms with Crippen LogP contribution in [0.25, 0.3) is 0 Å². The number of carbonyl (C=O) groups excluding carboxylic acids is 1. The lowest BCUT2D eigenvalue weighted by atomic mass is 10.1. The minimum absolute atomic E-state index is 0.0197. The summed E-state index contributed by atoms with van der Waals surface area (Å²) >= 11 is 0. The van der Waals surface area contributed by atoms with Gasteiger partial charge in [0.1, 0.15) is 11.3 Å². The number of aryl methyl sites for hydroxylation is 2. The first-order chi connectivity index (χ1) is 9.09. The van der Waals surface area contributed by atoms with Gasteiger partial charge in [-0.3, -0.25) is 4.79 Å². The number of benzene rings is 1. The lowest BCUT2D eigenvalue weighted by Gasteiger charge is -2.22. The topological polar surface area (TPSA) is 46.3 Å². The van der Waals surface area contributed by atoms with Crippen LogP contribution in [0.2, 0.25) is 0 Å². The Morgan fingerprint density at radius 3 is 2.79 bits per heavy atom. The van der Waals surface area contributed by atoms with Gasteiger partial charge in [0.15, 0.2) is 0 Å². The van der Waals surface area contributed by atoms with E-state index < -0.39 is 0 Å². The number of anilines is 1. The maximum atomic E-state index is 12.7. The maximum absolute atomic E-state index is 12.7. The van der Waals surface area contributed by atoms with Gasteiger partial charge < -0.3 is 9.42 Å². The van der Waals surface area contributed by atoms with E-state index in [1.54, 1.807) is 13.8 Å². The van der Waals surface area contributed by atoms with Crippen molar-refractivity contribution < 1.29 is 9.32 Å². The van der Waals surface area contributed by atoms with Crippen LogP contribution in [0.15, 0.2) is 28.8 Å². The number of aromatic nitrogens is 1. The SMILES string of the molecule is Cc1noc(C)c1C(=O)N1c2ccccc2C[C@H]1C. The van der Waals surface area contributed by atoms with Gasteiger partial charge in [-0.1, -0.05) is 23.4 Å². The van der Waals surface area contributed by atoms with Crippen LogP contribution in [0.4, 0.5) is 5.69 Å². The second-order valence-corrected chi connectivity index (χ2v) is 5.06. The molecule has 4 nitrogen and oxygen atoms in total. The minimum atomic E-state index is -0.0197. The van der Waals surface area contributed by atoms with Crippen LogP contribution < -0.4 is 4.90 Å². The van der Waals surface area contributed by atoms with Gasteiger partial charge in [0.05, 0.1) is 5.69 Å². The third-order valence-electron chi connectivity index (χ3n) is 3.67. The van der Waals surface area contributed by atoms with Gasteiger partial charge in [-0.25, -0.2) is 0 Å². The second kappa shape index (κ2) is 4.23. The van der Waals surface area contributed by atoms with Gasteiger partial charge in [0.25, 0.3) is 5.91 Å². The summed E-state index contributed by atoms with van der Waals surface area (Å²) in [5, 5.41) is 3.87. The molecule has 0 saturated carbocycles. The van der Waals surface area contributed by atoms with Gasteiger partial charge in [-0.15, -0.1) is 0 Å². The maximum Gasteiger partial charge on any atom is 0.264 e. The summed E-state index contributed by atoms with van der Waals surface area (Å²) in [6, 6.07) is 8.21. The Labute approximate surface area is 112 Å². The molecule has 19 heavy (non-hydrogen) atoms. The Hall–Kier alpha value is -2.10. The largest absolute Gasteiger partial charge is 0.361 e. The number of hydrogen-bond acceptors (Lipinski definition) is 3. The summed E-state index contributed by atoms with van der Waals surface area (Å²) in [7, 11) is 0. The molecule has 0 unspecified atom stereocenters. The Morgan fingerprint density at radius 2 is 2.11 bits per heavy atom. The predicted molar refractivity (Wildman–Crippen MR) is 72.4 cm³/mol. The van der Waals surface area contributed by atoms with Crippen LogP contribution >= 0.6 is 0 Å². The molecule has 1 amide bonds. The Morgan fingerprint density at radius 1 is 1.37 bits per heavy atom. The van der Waals surface area contributed by atoms with Crippen molar-refractivity contribution in [2.75, 3.05) is 4.90 Å². The molecular formula is C15H16N2O2. The molecule has 4 heteroatoms. The van der Waals surface area contributed by atoms with Crippen molar-refractivity contribution in [1.82, 2.24) is 5.16 Å². The average Bonchev–Trinajstić information content (AvgIpc) is 2.88. The highest BCUT2D eigenvalue weighted by Crippen LogP contribution is 2.33. The smallest absolute Gasteiger partial charge is 0.264 e. The highest BCUT2D eigenvalue weighted by atomic mass is 16.5. The van der Waals surface area contributed by atoms with Gasteiger partial charge in [0.2, 0.25) is 0 Å². The van der Waals surface area contributed by atoms with E-state index in [1.807, 2.05) is 23.1 Å². The van der Waals surface area contributed by atoms with Crippen molar-refractivity contribution in [3.63, 3.8) is 0 Å². The van der Waals surface area contributed by atoms with Crippen molar-refractivity contribution in [3.8, 4) is 0 Å². The lowest BCUT2D eigenvalue weighted by molar-refractivity contribution is 0.0979. The molecule has 0 spiro atoms. The molecule has 0 bridgehead atoms. The first-order valence-electron chi connectivity index (χ1n) is 6.44. The zero-order chi connectivity index (χ0) is 13.6. The molecule has 1 aromatic heterocycles. The Bertz CT molecular complexity index is 626. The monoisotopic (exact) mass is 256 g/mol. The number of para-hydroxylation sites is 1. The highest BCUT2D eigenvalue weighted by Gasteiger charge is 2.33. The molecule has 0 saturated heterocycles. The van der Waals surface area contributed by atoms with Gasteiger partial charge in [-0.2, -0.15) is 0 Å². The van der Waals surface area contributed by atoms with Gasteiger partial charge in [0, 0.05) is 11.7 Å². The third kappa shape index (κ3) is 1.75. The number of rotatable bonds is 1. The highest BCUT2D eigenvalue weighted by molar-refractivity contribution is 6.08. The molecule has 1 aromatic carbocycles. The number of carbonyl (C=O) groups is 1. The van der Waals surface area contributed by atoms with E-state index in [0.29, 0.717) is 17.0 Å². The van der Waals surface area contributed by atoms with Crippen LogP contribution in [0, 0.1) is 13.8 Å². The predicted octanol–water partition coefficient (Wildman–Crippen LogP) is 2.88. The van der Waals surface area contributed by atoms with E-state index in [9.17, 15) is 4.79 Å². The second-order valence-electron chi connectivity index (χ2n) is 5.06. The molecule has 98 valence electrons. The standard InChI is InChI=1S/C15H16N2O2/c1-9-8-12-6-4-5-7-13(12)17(9)15(18)14-10(2)16-19-11(14)3/h4-7,9H,8H2,1-3H3/t9-/m1/s1. The summed E-state index contributed by atoms with van der Waals surface area (Å²) < 4.78 is 5.10. The van der Waals surface area contributed by atoms with Crippen molar-refractivity contribution in [2.24, 2.45) is 0 Å². The first kappa shape index (κ1) is 12.0. The Kier molecular flexibility index (Phi) is 2.66. The number of hydrogen-bond donors (Lipinski definition) is 0. The molecule has 1 aliphatic heterocycles. The normalized spacial score (nSPS) is 17.6. The zero-order valence-corrected chi connectivity index (χ0v) is 11.3. The number of nitrogens with zero attached hydrogens (tertiary/aromatic N) is 2. The van der Waals surface area contributed by atoms with E-state index in [4.69, 9.17) is 4.52 Å².